The maximum Gasteiger partial charge on any atom is 0.338 e. The zero-order valence-electron chi connectivity index (χ0n) is 13.6. The van der Waals surface area contributed by atoms with Crippen molar-refractivity contribution in [2.75, 3.05) is 13.2 Å². The summed E-state index contributed by atoms with van der Waals surface area (Å²) in [6.07, 6.45) is 1.40. The van der Waals surface area contributed by atoms with Gasteiger partial charge < -0.3 is 4.74 Å². The number of carbonyl (C=O) groups is 2. The number of sulfonamides is 1. The van der Waals surface area contributed by atoms with Crippen LogP contribution in [0.15, 0.2) is 66.1 Å². The Balaban J connectivity index is 2.00. The molecule has 0 saturated carbocycles. The third kappa shape index (κ3) is 5.08. The van der Waals surface area contributed by atoms with Crippen LogP contribution in [0.2, 0.25) is 0 Å². The predicted molar refractivity (Wildman–Crippen MR) is 92.8 cm³/mol. The van der Waals surface area contributed by atoms with Crippen molar-refractivity contribution in [1.82, 2.24) is 4.72 Å². The van der Waals surface area contributed by atoms with E-state index in [9.17, 15) is 22.4 Å². The lowest BCUT2D eigenvalue weighted by Gasteiger charge is -2.07. The van der Waals surface area contributed by atoms with Crippen LogP contribution in [0.3, 0.4) is 0 Å². The number of rotatable bonds is 8. The molecule has 136 valence electrons. The van der Waals surface area contributed by atoms with Crippen molar-refractivity contribution in [3.63, 3.8) is 0 Å². The molecule has 0 aliphatic carbocycles. The van der Waals surface area contributed by atoms with Crippen molar-refractivity contribution >= 4 is 21.8 Å². The zero-order valence-corrected chi connectivity index (χ0v) is 14.5. The van der Waals surface area contributed by atoms with Gasteiger partial charge in [-0.25, -0.2) is 22.3 Å². The van der Waals surface area contributed by atoms with Crippen LogP contribution in [0.25, 0.3) is 0 Å². The number of benzene rings is 2. The standard InChI is InChI=1S/C18H16FNO5S/c1-2-10-20-26(23,24)16-8-6-13(7-9-16)18(22)25-12-17(21)14-4-3-5-15(19)11-14/h2-9,11,20H,1,10,12H2. The maximum absolute atomic E-state index is 13.1. The van der Waals surface area contributed by atoms with Crippen LogP contribution >= 0.6 is 0 Å². The van der Waals surface area contributed by atoms with E-state index in [1.165, 1.54) is 48.5 Å². The maximum atomic E-state index is 13.1. The fourth-order valence-corrected chi connectivity index (χ4v) is 2.98. The molecule has 2 rings (SSSR count). The Hall–Kier alpha value is -2.84. The van der Waals surface area contributed by atoms with E-state index < -0.39 is 34.2 Å². The van der Waals surface area contributed by atoms with Crippen molar-refractivity contribution in [3.05, 3.63) is 78.1 Å². The lowest BCUT2D eigenvalue weighted by molar-refractivity contribution is 0.0474. The summed E-state index contributed by atoms with van der Waals surface area (Å²) in [6.45, 7) is 2.94. The number of ether oxygens (including phenoxy) is 1. The fourth-order valence-electron chi connectivity index (χ4n) is 1.98. The lowest BCUT2D eigenvalue weighted by atomic mass is 10.1. The molecule has 0 aromatic heterocycles. The minimum absolute atomic E-state index is 0.0215. The molecule has 0 radical (unpaired) electrons. The summed E-state index contributed by atoms with van der Waals surface area (Å²) in [7, 11) is -3.69. The summed E-state index contributed by atoms with van der Waals surface area (Å²) in [4.78, 5) is 23.8. The quantitative estimate of drug-likeness (QED) is 0.433. The van der Waals surface area contributed by atoms with Gasteiger partial charge in [0.1, 0.15) is 5.82 Å². The van der Waals surface area contributed by atoms with Crippen LogP contribution in [0, 0.1) is 5.82 Å². The van der Waals surface area contributed by atoms with Crippen molar-refractivity contribution in [3.8, 4) is 0 Å². The van der Waals surface area contributed by atoms with Crippen LogP contribution in [0.1, 0.15) is 20.7 Å². The van der Waals surface area contributed by atoms with Crippen molar-refractivity contribution in [2.45, 2.75) is 4.90 Å². The molecular formula is C18H16FNO5S. The highest BCUT2D eigenvalue weighted by molar-refractivity contribution is 7.89. The van der Waals surface area contributed by atoms with Gasteiger partial charge in [0.05, 0.1) is 10.5 Å². The second kappa shape index (κ2) is 8.50. The Morgan fingerprint density at radius 2 is 1.81 bits per heavy atom. The van der Waals surface area contributed by atoms with Gasteiger partial charge in [0.15, 0.2) is 12.4 Å². The van der Waals surface area contributed by atoms with Crippen LogP contribution < -0.4 is 4.72 Å². The van der Waals surface area contributed by atoms with E-state index >= 15 is 0 Å². The van der Waals surface area contributed by atoms with Gasteiger partial charge >= 0.3 is 5.97 Å². The minimum atomic E-state index is -3.69. The highest BCUT2D eigenvalue weighted by Crippen LogP contribution is 2.12. The van der Waals surface area contributed by atoms with Gasteiger partial charge in [-0.15, -0.1) is 6.58 Å². The van der Waals surface area contributed by atoms with Gasteiger partial charge in [-0.2, -0.15) is 0 Å². The summed E-state index contributed by atoms with van der Waals surface area (Å²) < 4.78 is 44.1. The molecule has 0 unspecified atom stereocenters. The van der Waals surface area contributed by atoms with Crippen molar-refractivity contribution < 1.29 is 27.1 Å². The van der Waals surface area contributed by atoms with Gasteiger partial charge in [0, 0.05) is 12.1 Å². The number of hydrogen-bond donors (Lipinski definition) is 1. The van der Waals surface area contributed by atoms with E-state index in [0.29, 0.717) is 0 Å². The summed E-state index contributed by atoms with van der Waals surface area (Å²) >= 11 is 0. The van der Waals surface area contributed by atoms with Gasteiger partial charge in [-0.1, -0.05) is 18.2 Å². The van der Waals surface area contributed by atoms with Gasteiger partial charge in [0.2, 0.25) is 10.0 Å². The Bertz CT molecular complexity index is 923. The van der Waals surface area contributed by atoms with E-state index in [4.69, 9.17) is 4.74 Å². The molecule has 2 aromatic rings. The number of nitrogens with one attached hydrogen (secondary N) is 1. The molecule has 0 aliphatic rings. The molecule has 2 aromatic carbocycles. The first-order valence-corrected chi connectivity index (χ1v) is 8.98. The molecule has 8 heteroatoms. The van der Waals surface area contributed by atoms with Gasteiger partial charge in [-0.3, -0.25) is 4.79 Å². The molecule has 26 heavy (non-hydrogen) atoms. The second-order valence-electron chi connectivity index (χ2n) is 5.17. The van der Waals surface area contributed by atoms with E-state index in [-0.39, 0.29) is 22.6 Å². The third-order valence-corrected chi connectivity index (χ3v) is 4.74. The largest absolute Gasteiger partial charge is 0.454 e. The Morgan fingerprint density at radius 1 is 1.12 bits per heavy atom. The first-order valence-electron chi connectivity index (χ1n) is 7.50. The molecule has 6 nitrogen and oxygen atoms in total. The van der Waals surface area contributed by atoms with Crippen LogP contribution in [0.5, 0.6) is 0 Å². The molecule has 0 bridgehead atoms. The molecule has 0 amide bonds. The Labute approximate surface area is 150 Å². The number of carbonyl (C=O) groups excluding carboxylic acids is 2. The number of Topliss-reactive ketones (excluding diaryl/α,β-unsaturated/α-hetero) is 1. The molecule has 0 aliphatic heterocycles. The highest BCUT2D eigenvalue weighted by atomic mass is 32.2. The van der Waals surface area contributed by atoms with Gasteiger partial charge in [0.25, 0.3) is 0 Å². The first-order chi connectivity index (χ1) is 12.3. The summed E-state index contributed by atoms with van der Waals surface area (Å²) in [5.74, 6) is -1.91. The number of hydrogen-bond acceptors (Lipinski definition) is 5. The molecule has 0 spiro atoms. The summed E-state index contributed by atoms with van der Waals surface area (Å²) in [5.41, 5.74) is 0.173. The zero-order chi connectivity index (χ0) is 19.2. The van der Waals surface area contributed by atoms with E-state index in [1.54, 1.807) is 0 Å². The minimum Gasteiger partial charge on any atom is -0.454 e. The second-order valence-corrected chi connectivity index (χ2v) is 6.94. The molecule has 0 heterocycles. The fraction of sp³-hybridized carbons (Fsp3) is 0.111. The van der Waals surface area contributed by atoms with E-state index in [2.05, 4.69) is 11.3 Å². The Morgan fingerprint density at radius 3 is 2.42 bits per heavy atom. The van der Waals surface area contributed by atoms with Crippen LogP contribution in [0.4, 0.5) is 4.39 Å². The number of ketones is 1. The average Bonchev–Trinajstić information content (AvgIpc) is 2.64. The van der Waals surface area contributed by atoms with Crippen LogP contribution in [-0.2, 0) is 14.8 Å². The summed E-state index contributed by atoms with van der Waals surface area (Å²) in [5, 5.41) is 0. The van der Waals surface area contributed by atoms with E-state index in [0.717, 1.165) is 6.07 Å². The number of esters is 1. The average molecular weight is 377 g/mol. The molecule has 0 fully saturated rings. The molecular weight excluding hydrogens is 361 g/mol. The summed E-state index contributed by atoms with van der Waals surface area (Å²) in [6, 6.07) is 10.1. The smallest absolute Gasteiger partial charge is 0.338 e. The normalized spacial score (nSPS) is 11.0. The van der Waals surface area contributed by atoms with Crippen molar-refractivity contribution in [1.29, 1.82) is 0 Å². The topological polar surface area (TPSA) is 89.5 Å². The SMILES string of the molecule is C=CCNS(=O)(=O)c1ccc(C(=O)OCC(=O)c2cccc(F)c2)cc1. The highest BCUT2D eigenvalue weighted by Gasteiger charge is 2.16. The van der Waals surface area contributed by atoms with Gasteiger partial charge in [-0.05, 0) is 36.4 Å². The third-order valence-electron chi connectivity index (χ3n) is 3.30. The van der Waals surface area contributed by atoms with E-state index in [1.807, 2.05) is 0 Å². The molecule has 0 atom stereocenters. The molecule has 0 saturated heterocycles. The number of halogens is 1. The lowest BCUT2D eigenvalue weighted by Crippen LogP contribution is -2.23. The van der Waals surface area contributed by atoms with Crippen LogP contribution in [-0.4, -0.2) is 33.3 Å². The Kier molecular flexibility index (Phi) is 6.37. The molecule has 1 N–H and O–H groups in total. The monoisotopic (exact) mass is 377 g/mol. The van der Waals surface area contributed by atoms with Crippen molar-refractivity contribution in [2.24, 2.45) is 0 Å². The first kappa shape index (κ1) is 19.5. The predicted octanol–water partition coefficient (Wildman–Crippen LogP) is 2.33.